The fourth-order valence-electron chi connectivity index (χ4n) is 8.00. The Morgan fingerprint density at radius 2 is 1.03 bits per heavy atom. The highest BCUT2D eigenvalue weighted by Crippen LogP contribution is 2.30. The maximum absolute atomic E-state index is 13.1. The van der Waals surface area contributed by atoms with Crippen LogP contribution in [0.1, 0.15) is 181 Å². The smallest absolute Gasteiger partial charge is 0.220 e. The first-order valence-corrected chi connectivity index (χ1v) is 23.9. The predicted octanol–water partition coefficient (Wildman–Crippen LogP) is 5.21. The van der Waals surface area contributed by atoms with E-state index >= 15 is 0 Å². The first-order valence-electron chi connectivity index (χ1n) is 23.9. The average Bonchev–Trinajstić information content (AvgIpc) is 3.24. The molecule has 60 heavy (non-hydrogen) atoms. The number of aliphatic hydroxyl groups is 8. The van der Waals surface area contributed by atoms with Crippen LogP contribution in [0.15, 0.2) is 12.2 Å². The van der Waals surface area contributed by atoms with Gasteiger partial charge in [-0.1, -0.05) is 167 Å². The first kappa shape index (κ1) is 54.9. The zero-order valence-corrected chi connectivity index (χ0v) is 37.2. The lowest BCUT2D eigenvalue weighted by molar-refractivity contribution is -0.359. The van der Waals surface area contributed by atoms with Crippen molar-refractivity contribution < 1.29 is 64.6 Å². The van der Waals surface area contributed by atoms with E-state index in [1.54, 1.807) is 6.08 Å². The molecule has 0 bridgehead atoms. The van der Waals surface area contributed by atoms with Crippen LogP contribution in [0.3, 0.4) is 0 Å². The molecule has 0 aliphatic carbocycles. The molecule has 1 amide bonds. The molecule has 9 N–H and O–H groups in total. The molecule has 2 aliphatic rings. The van der Waals surface area contributed by atoms with Gasteiger partial charge in [-0.25, -0.2) is 0 Å². The normalized spacial score (nSPS) is 28.3. The van der Waals surface area contributed by atoms with E-state index in [0.29, 0.717) is 6.42 Å². The van der Waals surface area contributed by atoms with Gasteiger partial charge in [0.25, 0.3) is 0 Å². The number of carbonyl (C=O) groups excluding carboxylic acids is 1. The number of allylic oxidation sites excluding steroid dienone is 1. The highest BCUT2D eigenvalue weighted by Gasteiger charge is 2.51. The Morgan fingerprint density at radius 3 is 1.53 bits per heavy atom. The molecule has 2 rings (SSSR count). The van der Waals surface area contributed by atoms with Crippen molar-refractivity contribution in [1.29, 1.82) is 0 Å². The third-order valence-electron chi connectivity index (χ3n) is 12.0. The van der Waals surface area contributed by atoms with Gasteiger partial charge in [-0.2, -0.15) is 0 Å². The quantitative estimate of drug-likeness (QED) is 0.0292. The molecule has 0 radical (unpaired) electrons. The molecule has 0 aromatic rings. The van der Waals surface area contributed by atoms with Gasteiger partial charge in [0.2, 0.25) is 5.91 Å². The fraction of sp³-hybridized carbons (Fsp3) is 0.935. The third-order valence-corrected chi connectivity index (χ3v) is 12.0. The van der Waals surface area contributed by atoms with Gasteiger partial charge in [-0.15, -0.1) is 0 Å². The summed E-state index contributed by atoms with van der Waals surface area (Å²) in [7, 11) is 0. The van der Waals surface area contributed by atoms with Crippen LogP contribution in [0.5, 0.6) is 0 Å². The van der Waals surface area contributed by atoms with Gasteiger partial charge < -0.3 is 65.1 Å². The highest BCUT2D eigenvalue weighted by molar-refractivity contribution is 5.76. The number of hydrogen-bond donors (Lipinski definition) is 9. The van der Waals surface area contributed by atoms with Gasteiger partial charge in [0, 0.05) is 6.42 Å². The van der Waals surface area contributed by atoms with E-state index in [2.05, 4.69) is 19.2 Å². The number of nitrogens with one attached hydrogen (secondary N) is 1. The van der Waals surface area contributed by atoms with Crippen LogP contribution in [0.4, 0.5) is 0 Å². The Labute approximate surface area is 361 Å². The number of rotatable bonds is 36. The fourth-order valence-corrected chi connectivity index (χ4v) is 8.00. The topological polar surface area (TPSA) is 228 Å². The van der Waals surface area contributed by atoms with E-state index < -0.39 is 86.8 Å². The molecular weight excluding hydrogens is 774 g/mol. The summed E-state index contributed by atoms with van der Waals surface area (Å²) in [6.45, 7) is 2.77. The summed E-state index contributed by atoms with van der Waals surface area (Å²) >= 11 is 0. The lowest BCUT2D eigenvalue weighted by atomic mass is 9.97. The molecule has 0 spiro atoms. The summed E-state index contributed by atoms with van der Waals surface area (Å²) < 4.78 is 22.6. The standard InChI is InChI=1S/C46H87NO13/c1-3-5-7-9-11-13-15-17-19-21-23-25-27-29-35(50)34(47-38(51)30-28-26-24-22-20-18-16-14-12-10-8-6-4-2)33-57-45-43(56)41(54)44(37(32-49)59-45)60-46-42(55)40(53)39(52)36(31-48)58-46/h27,29,34-37,39-46,48-50,52-56H,3-26,28,30-33H2,1-2H3,(H,47,51)/b29-27+/t34-,35+,36+,37+,39-,40-,41+,42+,43+,44+,45+,46-/m0/s1. The van der Waals surface area contributed by atoms with E-state index in [9.17, 15) is 45.6 Å². The monoisotopic (exact) mass is 862 g/mol. The Morgan fingerprint density at radius 1 is 0.583 bits per heavy atom. The second kappa shape index (κ2) is 34.2. The van der Waals surface area contributed by atoms with Crippen molar-refractivity contribution in [3.8, 4) is 0 Å². The van der Waals surface area contributed by atoms with Crippen LogP contribution < -0.4 is 5.32 Å². The van der Waals surface area contributed by atoms with Crippen molar-refractivity contribution >= 4 is 5.91 Å². The number of carbonyl (C=O) groups is 1. The van der Waals surface area contributed by atoms with Crippen LogP contribution in [-0.2, 0) is 23.7 Å². The van der Waals surface area contributed by atoms with Crippen LogP contribution in [0, 0.1) is 0 Å². The maximum Gasteiger partial charge on any atom is 0.220 e. The lowest BCUT2D eigenvalue weighted by Crippen LogP contribution is -2.65. The number of aliphatic hydroxyl groups excluding tert-OH is 8. The van der Waals surface area contributed by atoms with E-state index in [0.717, 1.165) is 38.5 Å². The second-order valence-corrected chi connectivity index (χ2v) is 17.2. The van der Waals surface area contributed by atoms with Gasteiger partial charge in [0.05, 0.1) is 32.0 Å². The summed E-state index contributed by atoms with van der Waals surface area (Å²) in [6.07, 6.45) is 16.8. The van der Waals surface area contributed by atoms with Gasteiger partial charge in [-0.3, -0.25) is 4.79 Å². The Kier molecular flexibility index (Phi) is 31.3. The number of amides is 1. The molecule has 0 aromatic heterocycles. The summed E-state index contributed by atoms with van der Waals surface area (Å²) in [4.78, 5) is 13.1. The second-order valence-electron chi connectivity index (χ2n) is 17.2. The van der Waals surface area contributed by atoms with Gasteiger partial charge >= 0.3 is 0 Å². The van der Waals surface area contributed by atoms with Crippen LogP contribution >= 0.6 is 0 Å². The zero-order valence-electron chi connectivity index (χ0n) is 37.2. The van der Waals surface area contributed by atoms with E-state index in [-0.39, 0.29) is 18.9 Å². The van der Waals surface area contributed by atoms with Gasteiger partial charge in [-0.05, 0) is 19.3 Å². The minimum absolute atomic E-state index is 0.240. The molecule has 0 unspecified atom stereocenters. The van der Waals surface area contributed by atoms with Crippen molar-refractivity contribution in [2.75, 3.05) is 19.8 Å². The molecular formula is C46H87NO13. The van der Waals surface area contributed by atoms with Crippen molar-refractivity contribution in [2.45, 2.75) is 254 Å². The Balaban J connectivity index is 1.89. The molecule has 2 fully saturated rings. The first-order chi connectivity index (χ1) is 29.1. The summed E-state index contributed by atoms with van der Waals surface area (Å²) in [6, 6.07) is -0.906. The maximum atomic E-state index is 13.1. The molecule has 14 nitrogen and oxygen atoms in total. The summed E-state index contributed by atoms with van der Waals surface area (Å²) in [5.74, 6) is -0.240. The number of unbranched alkanes of at least 4 members (excludes halogenated alkanes) is 23. The minimum Gasteiger partial charge on any atom is -0.394 e. The molecule has 2 aliphatic heterocycles. The lowest BCUT2D eigenvalue weighted by Gasteiger charge is -2.46. The van der Waals surface area contributed by atoms with Crippen LogP contribution in [0.25, 0.3) is 0 Å². The van der Waals surface area contributed by atoms with Crippen molar-refractivity contribution in [1.82, 2.24) is 5.32 Å². The summed E-state index contributed by atoms with van der Waals surface area (Å²) in [5, 5.41) is 86.5. The van der Waals surface area contributed by atoms with Crippen molar-refractivity contribution in [2.24, 2.45) is 0 Å². The molecule has 0 saturated carbocycles. The van der Waals surface area contributed by atoms with Gasteiger partial charge in [0.15, 0.2) is 12.6 Å². The number of hydrogen-bond acceptors (Lipinski definition) is 13. The molecule has 354 valence electrons. The van der Waals surface area contributed by atoms with Gasteiger partial charge in [0.1, 0.15) is 48.8 Å². The van der Waals surface area contributed by atoms with Crippen molar-refractivity contribution in [3.63, 3.8) is 0 Å². The third kappa shape index (κ3) is 21.9. The molecule has 0 aromatic carbocycles. The van der Waals surface area contributed by atoms with Crippen molar-refractivity contribution in [3.05, 3.63) is 12.2 Å². The average molecular weight is 862 g/mol. The Hall–Kier alpha value is -1.27. The largest absolute Gasteiger partial charge is 0.394 e. The molecule has 2 saturated heterocycles. The highest BCUT2D eigenvalue weighted by atomic mass is 16.7. The number of ether oxygens (including phenoxy) is 4. The zero-order chi connectivity index (χ0) is 44.0. The summed E-state index contributed by atoms with van der Waals surface area (Å²) in [5.41, 5.74) is 0. The van der Waals surface area contributed by atoms with Crippen LogP contribution in [0.2, 0.25) is 0 Å². The minimum atomic E-state index is -1.78. The molecule has 2 heterocycles. The van der Waals surface area contributed by atoms with E-state index in [1.165, 1.54) is 116 Å². The molecule has 12 atom stereocenters. The SMILES string of the molecule is CCCCCCCCCCCCC/C=C/[C@@H](O)[C@H](CO[C@@H]1O[C@H](CO)[C@@H](O[C@@H]2O[C@H](CO)[C@H](O)[C@H](O)[C@H]2O)[C@H](O)[C@H]1O)NC(=O)CCCCCCCCCCCCCCC. The molecule has 14 heteroatoms. The van der Waals surface area contributed by atoms with E-state index in [1.807, 2.05) is 6.08 Å². The van der Waals surface area contributed by atoms with Crippen LogP contribution in [-0.4, -0.2) is 140 Å². The van der Waals surface area contributed by atoms with E-state index in [4.69, 9.17) is 18.9 Å². The predicted molar refractivity (Wildman–Crippen MR) is 231 cm³/mol. The Bertz CT molecular complexity index is 1070.